The summed E-state index contributed by atoms with van der Waals surface area (Å²) in [4.78, 5) is 4.67. The van der Waals surface area contributed by atoms with E-state index >= 15 is 0 Å². The number of phenolic OH excluding ortho intramolecular Hbond substituents is 1. The van der Waals surface area contributed by atoms with Crippen molar-refractivity contribution < 1.29 is 9.32 Å². The predicted octanol–water partition coefficient (Wildman–Crippen LogP) is 3.40. The average molecular weight is 302 g/mol. The molecule has 1 aromatic heterocycles. The van der Waals surface area contributed by atoms with Gasteiger partial charge in [-0.1, -0.05) is 23.2 Å². The highest BCUT2D eigenvalue weighted by Gasteiger charge is 2.10. The lowest BCUT2D eigenvalue weighted by atomic mass is 10.3. The predicted molar refractivity (Wildman–Crippen MR) is 72.5 cm³/mol. The first-order chi connectivity index (χ1) is 8.56. The number of rotatable bonds is 3. The lowest BCUT2D eigenvalue weighted by molar-refractivity contribution is 0.475. The third-order valence-electron chi connectivity index (χ3n) is 2.25. The second-order valence-corrected chi connectivity index (χ2v) is 5.86. The van der Waals surface area contributed by atoms with Gasteiger partial charge in [0.2, 0.25) is 0 Å². The first-order valence-corrected chi connectivity index (χ1v) is 7.11. The molecule has 0 fully saturated rings. The van der Waals surface area contributed by atoms with Crippen molar-refractivity contribution in [3.8, 4) is 5.75 Å². The van der Waals surface area contributed by atoms with Gasteiger partial charge in [-0.05, 0) is 30.3 Å². The number of pyridine rings is 1. The average Bonchev–Trinajstić information content (AvgIpc) is 2.33. The van der Waals surface area contributed by atoms with Gasteiger partial charge in [0, 0.05) is 11.1 Å². The van der Waals surface area contributed by atoms with E-state index in [1.54, 1.807) is 18.2 Å². The van der Waals surface area contributed by atoms with Crippen LogP contribution >= 0.6 is 23.2 Å². The fourth-order valence-electron chi connectivity index (χ4n) is 1.35. The van der Waals surface area contributed by atoms with Crippen LogP contribution < -0.4 is 0 Å². The summed E-state index contributed by atoms with van der Waals surface area (Å²) in [5.74, 6) is 0.347. The second kappa shape index (κ2) is 5.69. The molecule has 1 heterocycles. The quantitative estimate of drug-likeness (QED) is 0.945. The molecule has 18 heavy (non-hydrogen) atoms. The highest BCUT2D eigenvalue weighted by molar-refractivity contribution is 7.84. The lowest BCUT2D eigenvalue weighted by Gasteiger charge is -2.04. The van der Waals surface area contributed by atoms with Gasteiger partial charge in [-0.2, -0.15) is 0 Å². The topological polar surface area (TPSA) is 50.2 Å². The van der Waals surface area contributed by atoms with Crippen molar-refractivity contribution >= 4 is 34.0 Å². The van der Waals surface area contributed by atoms with Gasteiger partial charge in [0.25, 0.3) is 0 Å². The monoisotopic (exact) mass is 301 g/mol. The molecule has 0 aliphatic rings. The number of hydrogen-bond donors (Lipinski definition) is 1. The molecule has 1 aromatic carbocycles. The standard InChI is InChI=1S/C12H9Cl2NO2S/c13-8-5-11(14)12(15-6-8)7-18(17)10-3-1-9(16)2-4-10/h1-6,16H,7H2/t18-/m1/s1. The Morgan fingerprint density at radius 3 is 2.50 bits per heavy atom. The summed E-state index contributed by atoms with van der Waals surface area (Å²) in [5, 5.41) is 10.00. The summed E-state index contributed by atoms with van der Waals surface area (Å²) >= 11 is 11.7. The molecular weight excluding hydrogens is 293 g/mol. The third kappa shape index (κ3) is 3.22. The maximum absolute atomic E-state index is 12.1. The van der Waals surface area contributed by atoms with Crippen LogP contribution in [0.5, 0.6) is 5.75 Å². The Morgan fingerprint density at radius 2 is 1.89 bits per heavy atom. The smallest absolute Gasteiger partial charge is 0.115 e. The number of hydrogen-bond acceptors (Lipinski definition) is 3. The number of aromatic nitrogens is 1. The van der Waals surface area contributed by atoms with Crippen molar-refractivity contribution in [1.82, 2.24) is 4.98 Å². The van der Waals surface area contributed by atoms with Crippen LogP contribution in [0.3, 0.4) is 0 Å². The van der Waals surface area contributed by atoms with Crippen LogP contribution in [0.25, 0.3) is 0 Å². The molecule has 1 N–H and O–H groups in total. The largest absolute Gasteiger partial charge is 0.508 e. The molecule has 2 rings (SSSR count). The van der Waals surface area contributed by atoms with Gasteiger partial charge in [-0.15, -0.1) is 0 Å². The Labute approximate surface area is 117 Å². The number of phenols is 1. The summed E-state index contributed by atoms with van der Waals surface area (Å²) in [6.07, 6.45) is 1.47. The SMILES string of the molecule is O=[S@](Cc1ncc(Cl)cc1Cl)c1ccc(O)cc1. The Hall–Kier alpha value is -1.10. The lowest BCUT2D eigenvalue weighted by Crippen LogP contribution is -1.99. The molecule has 0 saturated heterocycles. The molecule has 0 radical (unpaired) electrons. The van der Waals surface area contributed by atoms with Gasteiger partial charge in [-0.3, -0.25) is 9.19 Å². The summed E-state index contributed by atoms with van der Waals surface area (Å²) in [7, 11) is -1.26. The second-order valence-electron chi connectivity index (χ2n) is 3.57. The van der Waals surface area contributed by atoms with E-state index in [0.717, 1.165) is 0 Å². The fourth-order valence-corrected chi connectivity index (χ4v) is 2.97. The van der Waals surface area contributed by atoms with Crippen LogP contribution in [-0.4, -0.2) is 14.3 Å². The molecule has 0 saturated carbocycles. The Morgan fingerprint density at radius 1 is 1.22 bits per heavy atom. The highest BCUT2D eigenvalue weighted by atomic mass is 35.5. The molecule has 6 heteroatoms. The molecule has 0 unspecified atom stereocenters. The molecule has 94 valence electrons. The number of aromatic hydroxyl groups is 1. The summed E-state index contributed by atoms with van der Waals surface area (Å²) in [6.45, 7) is 0. The molecular formula is C12H9Cl2NO2S. The maximum atomic E-state index is 12.1. The van der Waals surface area contributed by atoms with Crippen LogP contribution in [0, 0.1) is 0 Å². The van der Waals surface area contributed by atoms with E-state index in [2.05, 4.69) is 4.98 Å². The summed E-state index contributed by atoms with van der Waals surface area (Å²) < 4.78 is 12.1. The van der Waals surface area contributed by atoms with Crippen LogP contribution in [0.4, 0.5) is 0 Å². The molecule has 0 bridgehead atoms. The minimum absolute atomic E-state index is 0.137. The maximum Gasteiger partial charge on any atom is 0.115 e. The molecule has 3 nitrogen and oxygen atoms in total. The van der Waals surface area contributed by atoms with E-state index in [1.165, 1.54) is 18.3 Å². The molecule has 0 aliphatic heterocycles. The number of halogens is 2. The Bertz CT molecular complexity index is 587. The first-order valence-electron chi connectivity index (χ1n) is 5.03. The molecule has 0 aliphatic carbocycles. The van der Waals surface area contributed by atoms with Gasteiger partial charge < -0.3 is 5.11 Å². The highest BCUT2D eigenvalue weighted by Crippen LogP contribution is 2.22. The van der Waals surface area contributed by atoms with E-state index in [9.17, 15) is 4.21 Å². The number of benzene rings is 1. The van der Waals surface area contributed by atoms with Crippen molar-refractivity contribution in [2.24, 2.45) is 0 Å². The Kier molecular flexibility index (Phi) is 4.22. The van der Waals surface area contributed by atoms with E-state index < -0.39 is 10.8 Å². The molecule has 0 amide bonds. The third-order valence-corrected chi connectivity index (χ3v) is 4.12. The minimum atomic E-state index is -1.26. The van der Waals surface area contributed by atoms with Gasteiger partial charge in [0.05, 0.1) is 32.3 Å². The van der Waals surface area contributed by atoms with E-state index in [1.807, 2.05) is 0 Å². The zero-order valence-electron chi connectivity index (χ0n) is 9.14. The van der Waals surface area contributed by atoms with Gasteiger partial charge in [0.15, 0.2) is 0 Å². The van der Waals surface area contributed by atoms with Crippen LogP contribution in [0.15, 0.2) is 41.4 Å². The van der Waals surface area contributed by atoms with Gasteiger partial charge >= 0.3 is 0 Å². The molecule has 1 atom stereocenters. The summed E-state index contributed by atoms with van der Waals surface area (Å²) in [6, 6.07) is 7.76. The normalized spacial score (nSPS) is 12.3. The first kappa shape index (κ1) is 13.3. The summed E-state index contributed by atoms with van der Waals surface area (Å²) in [5.41, 5.74) is 0.535. The van der Waals surface area contributed by atoms with Gasteiger partial charge in [0.1, 0.15) is 5.75 Å². The molecule has 0 spiro atoms. The van der Waals surface area contributed by atoms with Crippen LogP contribution in [0.2, 0.25) is 10.0 Å². The number of nitrogens with zero attached hydrogens (tertiary/aromatic N) is 1. The van der Waals surface area contributed by atoms with Crippen molar-refractivity contribution in [2.75, 3.05) is 0 Å². The minimum Gasteiger partial charge on any atom is -0.508 e. The van der Waals surface area contributed by atoms with Crippen molar-refractivity contribution in [3.63, 3.8) is 0 Å². The van der Waals surface area contributed by atoms with Gasteiger partial charge in [-0.25, -0.2) is 0 Å². The zero-order valence-corrected chi connectivity index (χ0v) is 11.5. The molecule has 2 aromatic rings. The van der Waals surface area contributed by atoms with Crippen molar-refractivity contribution in [3.05, 3.63) is 52.3 Å². The van der Waals surface area contributed by atoms with Crippen LogP contribution in [-0.2, 0) is 16.6 Å². The van der Waals surface area contributed by atoms with E-state index in [-0.39, 0.29) is 11.5 Å². The van der Waals surface area contributed by atoms with E-state index in [0.29, 0.717) is 20.6 Å². The zero-order chi connectivity index (χ0) is 13.1. The fraction of sp³-hybridized carbons (Fsp3) is 0.0833. The van der Waals surface area contributed by atoms with Crippen LogP contribution in [0.1, 0.15) is 5.69 Å². The van der Waals surface area contributed by atoms with Crippen molar-refractivity contribution in [2.45, 2.75) is 10.6 Å². The van der Waals surface area contributed by atoms with E-state index in [4.69, 9.17) is 28.3 Å². The Balaban J connectivity index is 2.18. The van der Waals surface area contributed by atoms with Crippen molar-refractivity contribution in [1.29, 1.82) is 0 Å².